The van der Waals surface area contributed by atoms with Crippen LogP contribution in [0, 0.1) is 12.3 Å². The summed E-state index contributed by atoms with van der Waals surface area (Å²) in [5.74, 6) is -1.82. The summed E-state index contributed by atoms with van der Waals surface area (Å²) in [5.41, 5.74) is -0.437. The fraction of sp³-hybridized carbons (Fsp3) is 0.538. The predicted octanol–water partition coefficient (Wildman–Crippen LogP) is 2.22. The molecule has 1 aliphatic heterocycles. The molecule has 0 spiro atoms. The van der Waals surface area contributed by atoms with Crippen molar-refractivity contribution in [3.8, 4) is 0 Å². The van der Waals surface area contributed by atoms with Gasteiger partial charge in [0.15, 0.2) is 0 Å². The highest BCUT2D eigenvalue weighted by Crippen LogP contribution is 2.43. The third-order valence-corrected chi connectivity index (χ3v) is 4.94. The highest BCUT2D eigenvalue weighted by Gasteiger charge is 2.51. The number of imide groups is 1. The van der Waals surface area contributed by atoms with Gasteiger partial charge in [0, 0.05) is 6.42 Å². The molecule has 1 saturated heterocycles. The second-order valence-electron chi connectivity index (χ2n) is 4.95. The number of amides is 2. The minimum absolute atomic E-state index is 0.0558. The molecule has 7 heteroatoms. The topological polar surface area (TPSA) is 87.6 Å². The van der Waals surface area contributed by atoms with Gasteiger partial charge >= 0.3 is 5.97 Å². The molecule has 0 radical (unpaired) electrons. The van der Waals surface area contributed by atoms with E-state index in [0.717, 1.165) is 16.4 Å². The molecular formula is C13H16N2O4S. The molecule has 6 nitrogen and oxygen atoms in total. The van der Waals surface area contributed by atoms with Gasteiger partial charge < -0.3 is 5.11 Å². The van der Waals surface area contributed by atoms with Crippen LogP contribution in [0.5, 0.6) is 0 Å². The van der Waals surface area contributed by atoms with Crippen molar-refractivity contribution in [2.45, 2.75) is 40.0 Å². The zero-order valence-electron chi connectivity index (χ0n) is 11.6. The molecule has 108 valence electrons. The zero-order valence-corrected chi connectivity index (χ0v) is 12.4. The number of carbonyl (C=O) groups excluding carboxylic acids is 2. The highest BCUT2D eigenvalue weighted by atomic mass is 32.1. The van der Waals surface area contributed by atoms with Crippen LogP contribution in [0.25, 0.3) is 0 Å². The maximum atomic E-state index is 12.6. The summed E-state index contributed by atoms with van der Waals surface area (Å²) < 4.78 is 3.97. The Morgan fingerprint density at radius 2 is 2.00 bits per heavy atom. The molecule has 1 fully saturated rings. The lowest BCUT2D eigenvalue weighted by molar-refractivity contribution is -0.126. The van der Waals surface area contributed by atoms with Crippen LogP contribution in [-0.4, -0.2) is 27.3 Å². The molecule has 20 heavy (non-hydrogen) atoms. The number of aromatic carboxylic acids is 1. The molecule has 0 bridgehead atoms. The number of hydrogen-bond acceptors (Lipinski definition) is 5. The molecule has 2 heterocycles. The van der Waals surface area contributed by atoms with Gasteiger partial charge in [-0.3, -0.25) is 9.59 Å². The number of nitrogens with zero attached hydrogens (tertiary/aromatic N) is 2. The van der Waals surface area contributed by atoms with Gasteiger partial charge in [0.1, 0.15) is 10.6 Å². The van der Waals surface area contributed by atoms with Crippen LogP contribution in [0.15, 0.2) is 0 Å². The van der Waals surface area contributed by atoms with E-state index in [-0.39, 0.29) is 28.8 Å². The van der Waals surface area contributed by atoms with Crippen molar-refractivity contribution in [2.24, 2.45) is 5.41 Å². The Morgan fingerprint density at radius 1 is 1.40 bits per heavy atom. The van der Waals surface area contributed by atoms with Crippen molar-refractivity contribution < 1.29 is 19.5 Å². The molecule has 0 saturated carbocycles. The first-order chi connectivity index (χ1) is 9.38. The molecule has 1 N–H and O–H groups in total. The van der Waals surface area contributed by atoms with Crippen molar-refractivity contribution >= 4 is 34.3 Å². The zero-order chi connectivity index (χ0) is 15.1. The second kappa shape index (κ2) is 4.97. The van der Waals surface area contributed by atoms with Gasteiger partial charge in [0.05, 0.1) is 11.1 Å². The number of carboxylic acids is 1. The SMILES string of the molecule is CCC1(CC)CC(=O)N(c2snc(C)c2C(=O)O)C1=O. The lowest BCUT2D eigenvalue weighted by atomic mass is 9.81. The third kappa shape index (κ3) is 1.93. The summed E-state index contributed by atoms with van der Waals surface area (Å²) in [6.07, 6.45) is 1.25. The van der Waals surface area contributed by atoms with Gasteiger partial charge in [-0.05, 0) is 31.3 Å². The lowest BCUT2D eigenvalue weighted by Crippen LogP contribution is -2.35. The summed E-state index contributed by atoms with van der Waals surface area (Å²) in [5, 5.41) is 9.36. The van der Waals surface area contributed by atoms with E-state index < -0.39 is 11.4 Å². The summed E-state index contributed by atoms with van der Waals surface area (Å²) in [6.45, 7) is 5.30. The number of hydrogen-bond donors (Lipinski definition) is 1. The van der Waals surface area contributed by atoms with Gasteiger partial charge in [-0.1, -0.05) is 13.8 Å². The van der Waals surface area contributed by atoms with Gasteiger partial charge in [-0.2, -0.15) is 4.37 Å². The normalized spacial score (nSPS) is 17.9. The van der Waals surface area contributed by atoms with E-state index in [1.54, 1.807) is 6.92 Å². The van der Waals surface area contributed by atoms with E-state index in [0.29, 0.717) is 18.5 Å². The quantitative estimate of drug-likeness (QED) is 0.861. The number of carboxylic acid groups (broad SMARTS) is 1. The first kappa shape index (κ1) is 14.6. The van der Waals surface area contributed by atoms with Gasteiger partial charge in [-0.25, -0.2) is 9.69 Å². The van der Waals surface area contributed by atoms with E-state index in [2.05, 4.69) is 4.37 Å². The van der Waals surface area contributed by atoms with E-state index in [1.165, 1.54) is 0 Å². The molecule has 0 atom stereocenters. The number of anilines is 1. The van der Waals surface area contributed by atoms with Crippen molar-refractivity contribution in [3.05, 3.63) is 11.3 Å². The molecule has 1 aromatic heterocycles. The number of rotatable bonds is 4. The summed E-state index contributed by atoms with van der Waals surface area (Å²) in [4.78, 5) is 37.1. The number of aryl methyl sites for hydroxylation is 1. The van der Waals surface area contributed by atoms with Crippen molar-refractivity contribution in [2.75, 3.05) is 4.90 Å². The molecule has 1 aliphatic rings. The third-order valence-electron chi connectivity index (χ3n) is 4.01. The Bertz CT molecular complexity index is 589. The first-order valence-corrected chi connectivity index (χ1v) is 7.22. The average molecular weight is 296 g/mol. The summed E-state index contributed by atoms with van der Waals surface area (Å²) in [6, 6.07) is 0. The maximum Gasteiger partial charge on any atom is 0.340 e. The standard InChI is InChI=1S/C13H16N2O4S/c1-4-13(5-2)6-8(16)15(12(13)19)10-9(11(17)18)7(3)14-20-10/h4-6H2,1-3H3,(H,17,18). The van der Waals surface area contributed by atoms with E-state index >= 15 is 0 Å². The van der Waals surface area contributed by atoms with Crippen LogP contribution in [0.1, 0.15) is 49.2 Å². The second-order valence-corrected chi connectivity index (χ2v) is 5.70. The molecule has 0 aliphatic carbocycles. The largest absolute Gasteiger partial charge is 0.478 e. The van der Waals surface area contributed by atoms with Crippen LogP contribution < -0.4 is 4.90 Å². The van der Waals surface area contributed by atoms with Crippen LogP contribution in [0.3, 0.4) is 0 Å². The smallest absolute Gasteiger partial charge is 0.340 e. The van der Waals surface area contributed by atoms with Crippen molar-refractivity contribution in [3.63, 3.8) is 0 Å². The fourth-order valence-electron chi connectivity index (χ4n) is 2.56. The van der Waals surface area contributed by atoms with Crippen LogP contribution >= 0.6 is 11.5 Å². The summed E-state index contributed by atoms with van der Waals surface area (Å²) >= 11 is 0.884. The minimum Gasteiger partial charge on any atom is -0.478 e. The Labute approximate surface area is 120 Å². The van der Waals surface area contributed by atoms with Crippen molar-refractivity contribution in [1.29, 1.82) is 0 Å². The highest BCUT2D eigenvalue weighted by molar-refractivity contribution is 7.11. The predicted molar refractivity (Wildman–Crippen MR) is 73.9 cm³/mol. The Kier molecular flexibility index (Phi) is 3.64. The maximum absolute atomic E-state index is 12.6. The van der Waals surface area contributed by atoms with Gasteiger partial charge in [0.2, 0.25) is 11.8 Å². The van der Waals surface area contributed by atoms with E-state index in [9.17, 15) is 19.5 Å². The molecule has 2 amide bonds. The molecule has 0 aromatic carbocycles. The molecule has 0 unspecified atom stereocenters. The van der Waals surface area contributed by atoms with Crippen LogP contribution in [0.2, 0.25) is 0 Å². The Morgan fingerprint density at radius 3 is 2.45 bits per heavy atom. The first-order valence-electron chi connectivity index (χ1n) is 6.45. The monoisotopic (exact) mass is 296 g/mol. The molecular weight excluding hydrogens is 280 g/mol. The molecule has 2 rings (SSSR count). The fourth-order valence-corrected chi connectivity index (χ4v) is 3.47. The van der Waals surface area contributed by atoms with Crippen molar-refractivity contribution in [1.82, 2.24) is 4.37 Å². The Hall–Kier alpha value is -1.76. The number of carbonyl (C=O) groups is 3. The van der Waals surface area contributed by atoms with Crippen LogP contribution in [-0.2, 0) is 9.59 Å². The number of aromatic nitrogens is 1. The summed E-state index contributed by atoms with van der Waals surface area (Å²) in [7, 11) is 0. The lowest BCUT2D eigenvalue weighted by Gasteiger charge is -2.23. The van der Waals surface area contributed by atoms with Gasteiger partial charge in [-0.15, -0.1) is 0 Å². The van der Waals surface area contributed by atoms with E-state index in [4.69, 9.17) is 0 Å². The van der Waals surface area contributed by atoms with E-state index in [1.807, 2.05) is 13.8 Å². The molecule has 1 aromatic rings. The Balaban J connectivity index is 2.52. The van der Waals surface area contributed by atoms with Gasteiger partial charge in [0.25, 0.3) is 0 Å². The van der Waals surface area contributed by atoms with Crippen LogP contribution in [0.4, 0.5) is 5.00 Å². The minimum atomic E-state index is -1.17. The average Bonchev–Trinajstić information content (AvgIpc) is 2.88.